The van der Waals surface area contributed by atoms with Crippen LogP contribution in [0.1, 0.15) is 13.3 Å². The summed E-state index contributed by atoms with van der Waals surface area (Å²) in [6, 6.07) is 0. The summed E-state index contributed by atoms with van der Waals surface area (Å²) in [6.07, 6.45) is -0.108. The summed E-state index contributed by atoms with van der Waals surface area (Å²) in [7, 11) is 0. The quantitative estimate of drug-likeness (QED) is 0.622. The molecule has 0 aromatic rings. The second kappa shape index (κ2) is 3.60. The number of carboxylic acid groups (broad SMARTS) is 1. The molecule has 0 aliphatic carbocycles. The van der Waals surface area contributed by atoms with Gasteiger partial charge in [-0.15, -0.1) is 0 Å². The Morgan fingerprint density at radius 1 is 1.77 bits per heavy atom. The van der Waals surface area contributed by atoms with Gasteiger partial charge in [-0.3, -0.25) is 9.59 Å². The Morgan fingerprint density at radius 2 is 2.38 bits per heavy atom. The topological polar surface area (TPSA) is 66.4 Å². The van der Waals surface area contributed by atoms with Gasteiger partial charge in [0.15, 0.2) is 0 Å². The molecule has 2 N–H and O–H groups in total. The van der Waals surface area contributed by atoms with Gasteiger partial charge in [0.1, 0.15) is 0 Å². The maximum absolute atomic E-state index is 11.2. The zero-order valence-electron chi connectivity index (χ0n) is 7.54. The van der Waals surface area contributed by atoms with Crippen LogP contribution in [0.15, 0.2) is 12.2 Å². The van der Waals surface area contributed by atoms with Crippen molar-refractivity contribution in [3.8, 4) is 0 Å². The van der Waals surface area contributed by atoms with E-state index in [1.165, 1.54) is 0 Å². The van der Waals surface area contributed by atoms with Gasteiger partial charge in [0, 0.05) is 12.5 Å². The van der Waals surface area contributed by atoms with Gasteiger partial charge in [-0.25, -0.2) is 0 Å². The van der Waals surface area contributed by atoms with Gasteiger partial charge in [0.2, 0.25) is 5.91 Å². The van der Waals surface area contributed by atoms with E-state index < -0.39 is 11.9 Å². The average Bonchev–Trinajstić information content (AvgIpc) is 2.32. The van der Waals surface area contributed by atoms with E-state index in [1.54, 1.807) is 0 Å². The minimum Gasteiger partial charge on any atom is -0.481 e. The zero-order chi connectivity index (χ0) is 10.0. The monoisotopic (exact) mass is 183 g/mol. The molecular weight excluding hydrogens is 170 g/mol. The normalized spacial score (nSPS) is 27.0. The van der Waals surface area contributed by atoms with Gasteiger partial charge in [0.05, 0.1) is 12.3 Å². The molecule has 0 bridgehead atoms. The lowest BCUT2D eigenvalue weighted by Crippen LogP contribution is -2.22. The lowest BCUT2D eigenvalue weighted by molar-refractivity contribution is -0.140. The van der Waals surface area contributed by atoms with E-state index in [-0.39, 0.29) is 18.2 Å². The predicted octanol–water partition coefficient (Wildman–Crippen LogP) is 0.399. The van der Waals surface area contributed by atoms with E-state index >= 15 is 0 Å². The van der Waals surface area contributed by atoms with Crippen molar-refractivity contribution < 1.29 is 14.7 Å². The maximum atomic E-state index is 11.2. The second-order valence-corrected chi connectivity index (χ2v) is 3.40. The van der Waals surface area contributed by atoms with Crippen molar-refractivity contribution in [3.63, 3.8) is 0 Å². The van der Waals surface area contributed by atoms with Crippen molar-refractivity contribution in [1.29, 1.82) is 0 Å². The van der Waals surface area contributed by atoms with Crippen LogP contribution in [0.2, 0.25) is 0 Å². The van der Waals surface area contributed by atoms with Gasteiger partial charge in [-0.1, -0.05) is 12.2 Å². The first-order valence-corrected chi connectivity index (χ1v) is 4.17. The van der Waals surface area contributed by atoms with E-state index in [0.717, 1.165) is 5.57 Å². The highest BCUT2D eigenvalue weighted by molar-refractivity contribution is 5.85. The molecule has 0 aromatic heterocycles. The molecule has 4 nitrogen and oxygen atoms in total. The molecule has 0 saturated carbocycles. The lowest BCUT2D eigenvalue weighted by atomic mass is 9.88. The third kappa shape index (κ3) is 2.08. The van der Waals surface area contributed by atoms with E-state index in [2.05, 4.69) is 11.9 Å². The smallest absolute Gasteiger partial charge is 0.304 e. The second-order valence-electron chi connectivity index (χ2n) is 3.40. The summed E-state index contributed by atoms with van der Waals surface area (Å²) in [4.78, 5) is 21.7. The van der Waals surface area contributed by atoms with Gasteiger partial charge in [-0.05, 0) is 6.92 Å². The van der Waals surface area contributed by atoms with Crippen LogP contribution in [-0.2, 0) is 9.59 Å². The molecule has 2 atom stereocenters. The van der Waals surface area contributed by atoms with Crippen molar-refractivity contribution in [1.82, 2.24) is 5.32 Å². The van der Waals surface area contributed by atoms with Crippen molar-refractivity contribution >= 4 is 11.9 Å². The Labute approximate surface area is 76.6 Å². The van der Waals surface area contributed by atoms with Crippen molar-refractivity contribution in [2.75, 3.05) is 6.54 Å². The summed E-state index contributed by atoms with van der Waals surface area (Å²) >= 11 is 0. The van der Waals surface area contributed by atoms with E-state index in [0.29, 0.717) is 6.54 Å². The van der Waals surface area contributed by atoms with Crippen LogP contribution in [0.25, 0.3) is 0 Å². The van der Waals surface area contributed by atoms with Crippen molar-refractivity contribution in [3.05, 3.63) is 12.2 Å². The zero-order valence-corrected chi connectivity index (χ0v) is 7.54. The molecule has 1 fully saturated rings. The SMILES string of the molecule is C=C(C)[C@H]1CNC(=O)[C@H]1CC(=O)O. The van der Waals surface area contributed by atoms with Crippen LogP contribution < -0.4 is 5.32 Å². The number of hydrogen-bond acceptors (Lipinski definition) is 2. The van der Waals surface area contributed by atoms with E-state index in [9.17, 15) is 9.59 Å². The number of nitrogens with one attached hydrogen (secondary N) is 1. The number of aliphatic carboxylic acids is 1. The summed E-state index contributed by atoms with van der Waals surface area (Å²) in [6.45, 7) is 6.08. The van der Waals surface area contributed by atoms with Gasteiger partial charge >= 0.3 is 5.97 Å². The summed E-state index contributed by atoms with van der Waals surface area (Å²) in [5.41, 5.74) is 0.865. The molecular formula is C9H13NO3. The molecule has 1 aliphatic rings. The number of rotatable bonds is 3. The highest BCUT2D eigenvalue weighted by Crippen LogP contribution is 2.26. The third-order valence-corrected chi connectivity index (χ3v) is 2.35. The molecule has 0 radical (unpaired) electrons. The number of hydrogen-bond donors (Lipinski definition) is 2. The average molecular weight is 183 g/mol. The van der Waals surface area contributed by atoms with Crippen LogP contribution in [0, 0.1) is 11.8 Å². The summed E-state index contributed by atoms with van der Waals surface area (Å²) in [5, 5.41) is 11.2. The number of amides is 1. The fourth-order valence-corrected chi connectivity index (χ4v) is 1.61. The molecule has 0 spiro atoms. The Bertz CT molecular complexity index is 260. The van der Waals surface area contributed by atoms with Crippen LogP contribution in [0.4, 0.5) is 0 Å². The van der Waals surface area contributed by atoms with Gasteiger partial charge in [0.25, 0.3) is 0 Å². The molecule has 4 heteroatoms. The molecule has 1 saturated heterocycles. The highest BCUT2D eigenvalue weighted by atomic mass is 16.4. The number of carbonyl (C=O) groups is 2. The van der Waals surface area contributed by atoms with Gasteiger partial charge in [-0.2, -0.15) is 0 Å². The first-order chi connectivity index (χ1) is 6.02. The number of carbonyl (C=O) groups excluding carboxylic acids is 1. The van der Waals surface area contributed by atoms with Crippen LogP contribution >= 0.6 is 0 Å². The first kappa shape index (κ1) is 9.77. The Morgan fingerprint density at radius 3 is 2.85 bits per heavy atom. The van der Waals surface area contributed by atoms with E-state index in [4.69, 9.17) is 5.11 Å². The highest BCUT2D eigenvalue weighted by Gasteiger charge is 2.36. The minimum atomic E-state index is -0.937. The van der Waals surface area contributed by atoms with Crippen LogP contribution in [0.3, 0.4) is 0 Å². The summed E-state index contributed by atoms with van der Waals surface area (Å²) < 4.78 is 0. The Balaban J connectivity index is 2.71. The standard InChI is InChI=1S/C9H13NO3/c1-5(2)7-4-10-9(13)6(7)3-8(11)12/h6-7H,1,3-4H2,2H3,(H,10,13)(H,11,12)/t6-,7+/m0/s1. The van der Waals surface area contributed by atoms with Crippen molar-refractivity contribution in [2.24, 2.45) is 11.8 Å². The van der Waals surface area contributed by atoms with Crippen LogP contribution in [0.5, 0.6) is 0 Å². The Kier molecular flexibility index (Phi) is 2.70. The maximum Gasteiger partial charge on any atom is 0.304 e. The molecule has 0 aromatic carbocycles. The summed E-state index contributed by atoms with van der Waals surface area (Å²) in [5.74, 6) is -1.57. The molecule has 1 rings (SSSR count). The Hall–Kier alpha value is -1.32. The first-order valence-electron chi connectivity index (χ1n) is 4.17. The molecule has 1 heterocycles. The van der Waals surface area contributed by atoms with E-state index in [1.807, 2.05) is 6.92 Å². The van der Waals surface area contributed by atoms with Crippen molar-refractivity contribution in [2.45, 2.75) is 13.3 Å². The molecule has 0 unspecified atom stereocenters. The number of carboxylic acids is 1. The predicted molar refractivity (Wildman–Crippen MR) is 47.1 cm³/mol. The van der Waals surface area contributed by atoms with Gasteiger partial charge < -0.3 is 10.4 Å². The fraction of sp³-hybridized carbons (Fsp3) is 0.556. The third-order valence-electron chi connectivity index (χ3n) is 2.35. The largest absolute Gasteiger partial charge is 0.481 e. The van der Waals surface area contributed by atoms with Crippen LogP contribution in [-0.4, -0.2) is 23.5 Å². The fourth-order valence-electron chi connectivity index (χ4n) is 1.61. The molecule has 1 aliphatic heterocycles. The molecule has 1 amide bonds. The molecule has 13 heavy (non-hydrogen) atoms. The molecule has 72 valence electrons. The minimum absolute atomic E-state index is 0.0244. The lowest BCUT2D eigenvalue weighted by Gasteiger charge is -2.13.